The fourth-order valence-corrected chi connectivity index (χ4v) is 5.39. The smallest absolute Gasteiger partial charge is 0.230 e. The lowest BCUT2D eigenvalue weighted by Gasteiger charge is -2.42. The Morgan fingerprint density at radius 2 is 1.94 bits per heavy atom. The zero-order valence-corrected chi connectivity index (χ0v) is 19.1. The number of ether oxygens (including phenoxy) is 1. The lowest BCUT2D eigenvalue weighted by Crippen LogP contribution is -2.48. The summed E-state index contributed by atoms with van der Waals surface area (Å²) >= 11 is 0. The van der Waals surface area contributed by atoms with Crippen LogP contribution in [0.2, 0.25) is 0 Å². The minimum Gasteiger partial charge on any atom is -0.497 e. The van der Waals surface area contributed by atoms with E-state index in [1.165, 1.54) is 33.2 Å². The fourth-order valence-electron chi connectivity index (χ4n) is 5.39. The van der Waals surface area contributed by atoms with E-state index in [1.807, 2.05) is 17.0 Å². The van der Waals surface area contributed by atoms with E-state index in [0.29, 0.717) is 0 Å². The predicted octanol–water partition coefficient (Wildman–Crippen LogP) is 4.49. The van der Waals surface area contributed by atoms with Crippen molar-refractivity contribution >= 4 is 22.4 Å². The molecule has 2 heterocycles. The van der Waals surface area contributed by atoms with Crippen LogP contribution < -0.4 is 4.74 Å². The molecule has 0 bridgehead atoms. The van der Waals surface area contributed by atoms with Gasteiger partial charge >= 0.3 is 0 Å². The third-order valence-corrected chi connectivity index (χ3v) is 7.06. The van der Waals surface area contributed by atoms with Crippen molar-refractivity contribution in [2.45, 2.75) is 32.9 Å². The molecule has 5 nitrogen and oxygen atoms in total. The van der Waals surface area contributed by atoms with Crippen molar-refractivity contribution in [1.29, 1.82) is 0 Å². The van der Waals surface area contributed by atoms with E-state index in [0.717, 1.165) is 38.3 Å². The molecule has 2 aromatic carbocycles. The largest absolute Gasteiger partial charge is 0.497 e. The van der Waals surface area contributed by atoms with E-state index in [-0.39, 0.29) is 17.9 Å². The first-order chi connectivity index (χ1) is 15.6. The summed E-state index contributed by atoms with van der Waals surface area (Å²) in [6, 6.07) is 15.0. The summed E-state index contributed by atoms with van der Waals surface area (Å²) in [5, 5.41) is 1.32. The number of aromatic nitrogens is 1. The van der Waals surface area contributed by atoms with Crippen molar-refractivity contribution in [3.05, 3.63) is 71.4 Å². The minimum absolute atomic E-state index is 0.129. The van der Waals surface area contributed by atoms with Crippen LogP contribution in [0, 0.1) is 5.92 Å². The number of carbonyl (C=O) groups is 1. The molecule has 0 radical (unpaired) electrons. The lowest BCUT2D eigenvalue weighted by atomic mass is 9.79. The molecule has 0 saturated heterocycles. The molecule has 1 aliphatic carbocycles. The van der Waals surface area contributed by atoms with Gasteiger partial charge in [-0.25, -0.2) is 0 Å². The van der Waals surface area contributed by atoms with Crippen molar-refractivity contribution in [3.63, 3.8) is 0 Å². The van der Waals surface area contributed by atoms with Crippen LogP contribution in [0.25, 0.3) is 16.5 Å². The molecule has 1 aliphatic heterocycles. The van der Waals surface area contributed by atoms with Gasteiger partial charge in [-0.1, -0.05) is 30.3 Å². The van der Waals surface area contributed by atoms with Gasteiger partial charge in [0.15, 0.2) is 0 Å². The topological polar surface area (TPSA) is 48.6 Å². The van der Waals surface area contributed by atoms with Gasteiger partial charge in [-0.2, -0.15) is 0 Å². The molecule has 1 N–H and O–H groups in total. The summed E-state index contributed by atoms with van der Waals surface area (Å²) < 4.78 is 5.33. The van der Waals surface area contributed by atoms with Crippen LogP contribution in [0.4, 0.5) is 0 Å². The number of carbonyl (C=O) groups excluding carboxylic acids is 1. The zero-order valence-electron chi connectivity index (χ0n) is 19.1. The van der Waals surface area contributed by atoms with Crippen LogP contribution in [-0.2, 0) is 17.8 Å². The Kier molecular flexibility index (Phi) is 5.51. The number of hydrogen-bond acceptors (Lipinski definition) is 3. The Labute approximate surface area is 189 Å². The quantitative estimate of drug-likeness (QED) is 0.628. The predicted molar refractivity (Wildman–Crippen MR) is 129 cm³/mol. The van der Waals surface area contributed by atoms with Crippen LogP contribution in [0.15, 0.2) is 54.7 Å². The van der Waals surface area contributed by atoms with E-state index in [4.69, 9.17) is 4.74 Å². The van der Waals surface area contributed by atoms with E-state index in [2.05, 4.69) is 66.3 Å². The zero-order chi connectivity index (χ0) is 22.2. The van der Waals surface area contributed by atoms with E-state index in [1.54, 1.807) is 7.11 Å². The van der Waals surface area contributed by atoms with Crippen LogP contribution in [0.1, 0.15) is 30.5 Å². The number of nitrogens with zero attached hydrogens (tertiary/aromatic N) is 2. The molecule has 5 heteroatoms. The molecule has 166 valence electrons. The molecular formula is C27H31N3O2. The Hall–Kier alpha value is -3.05. The Bertz CT molecular complexity index is 1160. The van der Waals surface area contributed by atoms with Crippen LogP contribution in [-0.4, -0.2) is 53.5 Å². The molecule has 0 spiro atoms. The number of H-pyrrole nitrogens is 1. The van der Waals surface area contributed by atoms with Crippen molar-refractivity contribution in [3.8, 4) is 5.75 Å². The Morgan fingerprint density at radius 3 is 2.66 bits per heavy atom. The number of methoxy groups -OCH3 is 1. The van der Waals surface area contributed by atoms with Crippen molar-refractivity contribution < 1.29 is 9.53 Å². The third kappa shape index (κ3) is 3.51. The van der Waals surface area contributed by atoms with Gasteiger partial charge in [0, 0.05) is 49.3 Å². The third-order valence-electron chi connectivity index (χ3n) is 7.06. The van der Waals surface area contributed by atoms with Crippen LogP contribution in [0.3, 0.4) is 0 Å². The first-order valence-electron chi connectivity index (χ1n) is 11.6. The highest BCUT2D eigenvalue weighted by molar-refractivity contribution is 5.99. The first kappa shape index (κ1) is 20.8. The molecule has 1 amide bonds. The highest BCUT2D eigenvalue weighted by Gasteiger charge is 2.38. The van der Waals surface area contributed by atoms with Gasteiger partial charge in [0.05, 0.1) is 13.0 Å². The van der Waals surface area contributed by atoms with Crippen molar-refractivity contribution in [2.75, 3.05) is 26.7 Å². The van der Waals surface area contributed by atoms with Gasteiger partial charge in [-0.05, 0) is 60.7 Å². The molecular weight excluding hydrogens is 398 g/mol. The second-order valence-corrected chi connectivity index (χ2v) is 8.78. The SMILES string of the molecule is CCN(CC)C(=O)C1C=C2c3cccc4[nH]cc(c34)CC2N(Cc2ccc(OC)cc2)C1. The number of rotatable bonds is 6. The maximum atomic E-state index is 13.4. The number of nitrogens with one attached hydrogen (secondary N) is 1. The highest BCUT2D eigenvalue weighted by atomic mass is 16.5. The molecule has 2 unspecified atom stereocenters. The molecule has 2 aliphatic rings. The molecule has 0 fully saturated rings. The fraction of sp³-hybridized carbons (Fsp3) is 0.370. The van der Waals surface area contributed by atoms with Crippen LogP contribution in [0.5, 0.6) is 5.75 Å². The van der Waals surface area contributed by atoms with E-state index >= 15 is 0 Å². The maximum Gasteiger partial charge on any atom is 0.230 e. The maximum absolute atomic E-state index is 13.4. The van der Waals surface area contributed by atoms with Gasteiger partial charge in [0.2, 0.25) is 5.91 Å². The summed E-state index contributed by atoms with van der Waals surface area (Å²) in [7, 11) is 1.69. The number of amides is 1. The number of benzene rings is 2. The molecule has 0 saturated carbocycles. The number of fused-ring (bicyclic) bond motifs is 2. The summed E-state index contributed by atoms with van der Waals surface area (Å²) in [4.78, 5) is 21.3. The van der Waals surface area contributed by atoms with Gasteiger partial charge in [0.25, 0.3) is 0 Å². The van der Waals surface area contributed by atoms with Gasteiger partial charge < -0.3 is 14.6 Å². The van der Waals surface area contributed by atoms with Gasteiger partial charge in [-0.3, -0.25) is 9.69 Å². The molecule has 1 aromatic heterocycles. The number of hydrogen-bond donors (Lipinski definition) is 1. The summed E-state index contributed by atoms with van der Waals surface area (Å²) in [5.41, 5.74) is 6.35. The van der Waals surface area contributed by atoms with Gasteiger partial charge in [0.1, 0.15) is 5.75 Å². The summed E-state index contributed by atoms with van der Waals surface area (Å²) in [6.45, 7) is 7.16. The van der Waals surface area contributed by atoms with Crippen LogP contribution >= 0.6 is 0 Å². The van der Waals surface area contributed by atoms with Gasteiger partial charge in [-0.15, -0.1) is 0 Å². The first-order valence-corrected chi connectivity index (χ1v) is 11.6. The normalized spacial score (nSPS) is 20.0. The molecule has 5 rings (SSSR count). The highest BCUT2D eigenvalue weighted by Crippen LogP contribution is 2.42. The van der Waals surface area contributed by atoms with Crippen molar-refractivity contribution in [1.82, 2.24) is 14.8 Å². The van der Waals surface area contributed by atoms with Crippen molar-refractivity contribution in [2.24, 2.45) is 5.92 Å². The molecule has 2 atom stereocenters. The van der Waals surface area contributed by atoms with E-state index in [9.17, 15) is 4.79 Å². The number of aromatic amines is 1. The Morgan fingerprint density at radius 1 is 1.16 bits per heavy atom. The lowest BCUT2D eigenvalue weighted by molar-refractivity contribution is -0.134. The average molecular weight is 430 g/mol. The standard InChI is InChI=1S/C27H31N3O2/c1-4-29(5-2)27(31)20-13-23-22-7-6-8-24-26(22)19(15-28-24)14-25(23)30(17-20)16-18-9-11-21(32-3)12-10-18/h6-13,15,20,25,28H,4-5,14,16-17H2,1-3H3. The van der Waals surface area contributed by atoms with E-state index < -0.39 is 0 Å². The monoisotopic (exact) mass is 429 g/mol. The Balaban J connectivity index is 1.55. The minimum atomic E-state index is -0.129. The summed E-state index contributed by atoms with van der Waals surface area (Å²) in [5.74, 6) is 0.965. The average Bonchev–Trinajstić information content (AvgIpc) is 3.25. The summed E-state index contributed by atoms with van der Waals surface area (Å²) in [6.07, 6.45) is 5.38. The molecule has 3 aromatic rings. The molecule has 32 heavy (non-hydrogen) atoms. The second-order valence-electron chi connectivity index (χ2n) is 8.78. The second kappa shape index (κ2) is 8.47.